The maximum absolute atomic E-state index is 12.8. The summed E-state index contributed by atoms with van der Waals surface area (Å²) >= 11 is 0. The van der Waals surface area contributed by atoms with Crippen molar-refractivity contribution in [3.63, 3.8) is 0 Å². The van der Waals surface area contributed by atoms with Gasteiger partial charge in [-0.25, -0.2) is 16.8 Å². The molecule has 3 aromatic rings. The van der Waals surface area contributed by atoms with Gasteiger partial charge in [0.15, 0.2) is 14.9 Å². The summed E-state index contributed by atoms with van der Waals surface area (Å²) in [7, 11) is -7.26. The van der Waals surface area contributed by atoms with E-state index in [9.17, 15) is 16.8 Å². The predicted molar refractivity (Wildman–Crippen MR) is 90.3 cm³/mol. The van der Waals surface area contributed by atoms with E-state index >= 15 is 0 Å². The van der Waals surface area contributed by atoms with E-state index in [1.54, 1.807) is 38.1 Å². The zero-order chi connectivity index (χ0) is 17.5. The van der Waals surface area contributed by atoms with Crippen LogP contribution < -0.4 is 0 Å². The maximum Gasteiger partial charge on any atom is 0.223 e. The largest absolute Gasteiger partial charge is 0.266 e. The fourth-order valence-corrected chi connectivity index (χ4v) is 4.76. The van der Waals surface area contributed by atoms with Gasteiger partial charge < -0.3 is 0 Å². The molecule has 0 aliphatic heterocycles. The second-order valence-corrected chi connectivity index (χ2v) is 10.0. The minimum absolute atomic E-state index is 0.00225. The number of aromatic nitrogens is 2. The molecule has 0 aliphatic carbocycles. The number of para-hydroxylation sites is 1. The Labute approximate surface area is 140 Å². The number of hydrogen-bond acceptors (Lipinski definition) is 5. The summed E-state index contributed by atoms with van der Waals surface area (Å²) in [6.07, 6.45) is 0. The molecule has 1 heterocycles. The van der Waals surface area contributed by atoms with Gasteiger partial charge in [0.2, 0.25) is 9.84 Å². The van der Waals surface area contributed by atoms with Crippen molar-refractivity contribution in [3.8, 4) is 0 Å². The summed E-state index contributed by atoms with van der Waals surface area (Å²) in [5, 5.41) is 6.47. The van der Waals surface area contributed by atoms with Crippen LogP contribution >= 0.6 is 0 Å². The first-order valence-electron chi connectivity index (χ1n) is 7.27. The van der Waals surface area contributed by atoms with Crippen LogP contribution in [0.4, 0.5) is 0 Å². The third-order valence-electron chi connectivity index (χ3n) is 3.78. The average Bonchev–Trinajstić information content (AvgIpc) is 2.99. The first-order valence-corrected chi connectivity index (χ1v) is 10.3. The van der Waals surface area contributed by atoms with Crippen LogP contribution in [-0.4, -0.2) is 32.3 Å². The molecule has 0 amide bonds. The highest BCUT2D eigenvalue weighted by Crippen LogP contribution is 2.27. The lowest BCUT2D eigenvalue weighted by Crippen LogP contribution is -2.14. The highest BCUT2D eigenvalue weighted by molar-refractivity contribution is 7.92. The Kier molecular flexibility index (Phi) is 3.97. The van der Waals surface area contributed by atoms with E-state index in [0.717, 1.165) is 0 Å². The van der Waals surface area contributed by atoms with Gasteiger partial charge in [-0.15, -0.1) is 0 Å². The molecule has 1 aromatic heterocycles. The summed E-state index contributed by atoms with van der Waals surface area (Å²) in [5.41, 5.74) is 0.551. The predicted octanol–water partition coefficient (Wildman–Crippen LogP) is 2.58. The van der Waals surface area contributed by atoms with Crippen LogP contribution in [0.2, 0.25) is 0 Å². The molecule has 0 spiro atoms. The van der Waals surface area contributed by atoms with Crippen molar-refractivity contribution in [1.82, 2.24) is 10.2 Å². The molecule has 6 nitrogen and oxygen atoms in total. The van der Waals surface area contributed by atoms with Gasteiger partial charge in [0, 0.05) is 5.39 Å². The summed E-state index contributed by atoms with van der Waals surface area (Å²) < 4.78 is 49.8. The van der Waals surface area contributed by atoms with Gasteiger partial charge in [-0.2, -0.15) is 5.10 Å². The van der Waals surface area contributed by atoms with Crippen molar-refractivity contribution in [1.29, 1.82) is 0 Å². The van der Waals surface area contributed by atoms with Crippen molar-refractivity contribution in [2.45, 2.75) is 33.9 Å². The Morgan fingerprint density at radius 1 is 0.875 bits per heavy atom. The third-order valence-corrected chi connectivity index (χ3v) is 7.69. The molecule has 0 atom stereocenters. The fourth-order valence-electron chi connectivity index (χ4n) is 2.34. The smallest absolute Gasteiger partial charge is 0.223 e. The molecule has 0 saturated heterocycles. The monoisotopic (exact) mass is 364 g/mol. The number of hydrogen-bond donors (Lipinski definition) is 1. The highest BCUT2D eigenvalue weighted by atomic mass is 32.2. The van der Waals surface area contributed by atoms with Crippen molar-refractivity contribution in [2.24, 2.45) is 0 Å². The maximum atomic E-state index is 12.8. The van der Waals surface area contributed by atoms with Gasteiger partial charge in [-0.3, -0.25) is 5.10 Å². The van der Waals surface area contributed by atoms with Gasteiger partial charge in [0.05, 0.1) is 20.6 Å². The Morgan fingerprint density at radius 2 is 1.46 bits per heavy atom. The summed E-state index contributed by atoms with van der Waals surface area (Å²) in [5.74, 6) is 0. The molecule has 1 N–H and O–H groups in total. The number of nitrogens with one attached hydrogen (secondary N) is 1. The standard InChI is InChI=1S/C16H16N2O4S2/c1-11(2)23(19,20)12-7-9-13(10-8-12)24(21,22)16-14-5-3-4-6-15(14)17-18-16/h3-11H,1-2H3,(H,17,18). The Morgan fingerprint density at radius 3 is 2.08 bits per heavy atom. The Hall–Kier alpha value is -2.19. The molecule has 126 valence electrons. The van der Waals surface area contributed by atoms with Gasteiger partial charge in [-0.1, -0.05) is 12.1 Å². The van der Waals surface area contributed by atoms with E-state index in [-0.39, 0.29) is 14.8 Å². The lowest BCUT2D eigenvalue weighted by molar-refractivity contribution is 0.585. The zero-order valence-corrected chi connectivity index (χ0v) is 14.7. The fraction of sp³-hybridized carbons (Fsp3) is 0.188. The van der Waals surface area contributed by atoms with Crippen molar-refractivity contribution < 1.29 is 16.8 Å². The van der Waals surface area contributed by atoms with E-state index < -0.39 is 24.9 Å². The Balaban J connectivity index is 2.08. The molecule has 24 heavy (non-hydrogen) atoms. The van der Waals surface area contributed by atoms with Crippen molar-refractivity contribution in [2.75, 3.05) is 0 Å². The van der Waals surface area contributed by atoms with E-state index in [4.69, 9.17) is 0 Å². The average molecular weight is 364 g/mol. The van der Waals surface area contributed by atoms with Crippen LogP contribution in [0.3, 0.4) is 0 Å². The molecule has 0 radical (unpaired) electrons. The lowest BCUT2D eigenvalue weighted by atomic mass is 10.3. The minimum Gasteiger partial charge on any atom is -0.266 e. The molecule has 0 saturated carbocycles. The van der Waals surface area contributed by atoms with E-state index in [0.29, 0.717) is 10.9 Å². The van der Waals surface area contributed by atoms with Gasteiger partial charge in [-0.05, 0) is 50.2 Å². The molecule has 0 fully saturated rings. The normalized spacial score (nSPS) is 12.8. The van der Waals surface area contributed by atoms with Gasteiger partial charge in [0.1, 0.15) is 0 Å². The number of rotatable bonds is 4. The topological polar surface area (TPSA) is 97.0 Å². The first kappa shape index (κ1) is 16.7. The second kappa shape index (κ2) is 5.71. The van der Waals surface area contributed by atoms with Gasteiger partial charge >= 0.3 is 0 Å². The van der Waals surface area contributed by atoms with E-state index in [1.165, 1.54) is 24.3 Å². The number of sulfone groups is 2. The van der Waals surface area contributed by atoms with E-state index in [2.05, 4.69) is 10.2 Å². The first-order chi connectivity index (χ1) is 11.2. The molecular weight excluding hydrogens is 348 g/mol. The third kappa shape index (κ3) is 2.61. The number of H-pyrrole nitrogens is 1. The minimum atomic E-state index is -3.82. The number of nitrogens with zero attached hydrogens (tertiary/aromatic N) is 1. The van der Waals surface area contributed by atoms with Gasteiger partial charge in [0.25, 0.3) is 0 Å². The van der Waals surface area contributed by atoms with Crippen LogP contribution in [-0.2, 0) is 19.7 Å². The quantitative estimate of drug-likeness (QED) is 0.767. The lowest BCUT2D eigenvalue weighted by Gasteiger charge is -2.08. The molecule has 3 rings (SSSR count). The number of fused-ring (bicyclic) bond motifs is 1. The molecule has 0 bridgehead atoms. The van der Waals surface area contributed by atoms with Crippen LogP contribution in [0.1, 0.15) is 13.8 Å². The summed E-state index contributed by atoms with van der Waals surface area (Å²) in [6.45, 7) is 3.16. The van der Waals surface area contributed by atoms with Crippen LogP contribution in [0.15, 0.2) is 63.3 Å². The molecular formula is C16H16N2O4S2. The zero-order valence-electron chi connectivity index (χ0n) is 13.1. The van der Waals surface area contributed by atoms with Crippen molar-refractivity contribution in [3.05, 3.63) is 48.5 Å². The van der Waals surface area contributed by atoms with Crippen LogP contribution in [0.5, 0.6) is 0 Å². The molecule has 0 aliphatic rings. The molecule has 2 aromatic carbocycles. The second-order valence-electron chi connectivity index (χ2n) is 5.64. The summed E-state index contributed by atoms with van der Waals surface area (Å²) in [6, 6.07) is 12.1. The van der Waals surface area contributed by atoms with Crippen LogP contribution in [0.25, 0.3) is 10.9 Å². The molecule has 8 heteroatoms. The number of benzene rings is 2. The summed E-state index contributed by atoms with van der Waals surface area (Å²) in [4.78, 5) is 0.116. The van der Waals surface area contributed by atoms with E-state index in [1.807, 2.05) is 0 Å². The molecule has 0 unspecified atom stereocenters. The van der Waals surface area contributed by atoms with Crippen molar-refractivity contribution >= 4 is 30.6 Å². The van der Waals surface area contributed by atoms with Crippen LogP contribution in [0, 0.1) is 0 Å². The Bertz CT molecular complexity index is 1100. The SMILES string of the molecule is CC(C)S(=O)(=O)c1ccc(S(=O)(=O)c2[nH]nc3ccccc23)cc1. The highest BCUT2D eigenvalue weighted by Gasteiger charge is 2.24. The number of aromatic amines is 1.